The summed E-state index contributed by atoms with van der Waals surface area (Å²) < 4.78 is 36.3. The van der Waals surface area contributed by atoms with Crippen molar-refractivity contribution in [2.24, 2.45) is 0 Å². The maximum absolute atomic E-state index is 12.6. The van der Waals surface area contributed by atoms with E-state index in [1.54, 1.807) is 19.2 Å². The number of rotatable bonds is 3. The van der Waals surface area contributed by atoms with Gasteiger partial charge in [0.1, 0.15) is 16.5 Å². The van der Waals surface area contributed by atoms with E-state index in [0.29, 0.717) is 6.61 Å². The molecule has 0 N–H and O–H groups in total. The SMILES string of the molecule is COC(=O)c1sccc1S(=O)(=O)N1COCC1(C)C. The van der Waals surface area contributed by atoms with E-state index in [1.807, 2.05) is 0 Å². The lowest BCUT2D eigenvalue weighted by atomic mass is 10.1. The van der Waals surface area contributed by atoms with Gasteiger partial charge < -0.3 is 9.47 Å². The van der Waals surface area contributed by atoms with Crippen molar-refractivity contribution in [1.82, 2.24) is 4.31 Å². The summed E-state index contributed by atoms with van der Waals surface area (Å²) in [5, 5.41) is 1.56. The summed E-state index contributed by atoms with van der Waals surface area (Å²) in [7, 11) is -2.55. The van der Waals surface area contributed by atoms with Crippen LogP contribution in [0, 0.1) is 0 Å². The number of ether oxygens (including phenoxy) is 2. The van der Waals surface area contributed by atoms with Crippen molar-refractivity contribution in [2.75, 3.05) is 20.4 Å². The minimum Gasteiger partial charge on any atom is -0.465 e. The normalized spacial score (nSPS) is 19.5. The molecule has 1 fully saturated rings. The largest absolute Gasteiger partial charge is 0.465 e. The molecule has 0 aromatic carbocycles. The van der Waals surface area contributed by atoms with Crippen molar-refractivity contribution in [3.8, 4) is 0 Å². The number of carbonyl (C=O) groups excluding carboxylic acids is 1. The van der Waals surface area contributed by atoms with Gasteiger partial charge >= 0.3 is 5.97 Å². The number of hydrogen-bond donors (Lipinski definition) is 0. The van der Waals surface area contributed by atoms with Crippen LogP contribution >= 0.6 is 11.3 Å². The average molecular weight is 305 g/mol. The molecule has 6 nitrogen and oxygen atoms in total. The standard InChI is InChI=1S/C11H15NO5S2/c1-11(2)6-17-7-12(11)19(14,15)8-4-5-18-9(8)10(13)16-3/h4-5H,6-7H2,1-3H3. The molecule has 1 aromatic rings. The Morgan fingerprint density at radius 2 is 2.21 bits per heavy atom. The molecular formula is C11H15NO5S2. The van der Waals surface area contributed by atoms with Crippen LogP contribution in [0.25, 0.3) is 0 Å². The Bertz CT molecular complexity index is 590. The molecule has 0 saturated carbocycles. The number of esters is 1. The fourth-order valence-electron chi connectivity index (χ4n) is 1.88. The van der Waals surface area contributed by atoms with Gasteiger partial charge in [-0.2, -0.15) is 4.31 Å². The van der Waals surface area contributed by atoms with Gasteiger partial charge in [0.2, 0.25) is 10.0 Å². The molecule has 1 saturated heterocycles. The average Bonchev–Trinajstić information content (AvgIpc) is 2.94. The van der Waals surface area contributed by atoms with Crippen LogP contribution < -0.4 is 0 Å². The number of hydrogen-bond acceptors (Lipinski definition) is 6. The first-order valence-corrected chi connectivity index (χ1v) is 7.89. The van der Waals surface area contributed by atoms with E-state index in [4.69, 9.17) is 4.74 Å². The number of nitrogens with zero attached hydrogens (tertiary/aromatic N) is 1. The summed E-state index contributed by atoms with van der Waals surface area (Å²) in [6, 6.07) is 1.42. The smallest absolute Gasteiger partial charge is 0.349 e. The van der Waals surface area contributed by atoms with E-state index >= 15 is 0 Å². The molecular weight excluding hydrogens is 290 g/mol. The highest BCUT2D eigenvalue weighted by Crippen LogP contribution is 2.32. The zero-order chi connectivity index (χ0) is 14.3. The van der Waals surface area contributed by atoms with Crippen LogP contribution in [0.5, 0.6) is 0 Å². The summed E-state index contributed by atoms with van der Waals surface area (Å²) in [6.45, 7) is 3.87. The Balaban J connectivity index is 2.46. The maximum atomic E-state index is 12.6. The summed E-state index contributed by atoms with van der Waals surface area (Å²) in [4.78, 5) is 11.7. The van der Waals surface area contributed by atoms with Gasteiger partial charge in [-0.25, -0.2) is 13.2 Å². The van der Waals surface area contributed by atoms with Crippen LogP contribution in [0.15, 0.2) is 16.3 Å². The number of sulfonamides is 1. The first kappa shape index (κ1) is 14.4. The third kappa shape index (κ3) is 2.40. The lowest BCUT2D eigenvalue weighted by Gasteiger charge is -2.27. The Hall–Kier alpha value is -0.960. The number of carbonyl (C=O) groups is 1. The van der Waals surface area contributed by atoms with E-state index in [0.717, 1.165) is 11.3 Å². The second kappa shape index (κ2) is 4.86. The quantitative estimate of drug-likeness (QED) is 0.787. The van der Waals surface area contributed by atoms with Crippen molar-refractivity contribution in [3.05, 3.63) is 16.3 Å². The highest BCUT2D eigenvalue weighted by Gasteiger charge is 2.43. The molecule has 0 unspecified atom stereocenters. The first-order chi connectivity index (χ1) is 8.80. The van der Waals surface area contributed by atoms with Gasteiger partial charge in [-0.3, -0.25) is 0 Å². The third-order valence-corrected chi connectivity index (χ3v) is 6.01. The van der Waals surface area contributed by atoms with Gasteiger partial charge in [-0.15, -0.1) is 11.3 Å². The highest BCUT2D eigenvalue weighted by molar-refractivity contribution is 7.89. The van der Waals surface area contributed by atoms with E-state index < -0.39 is 21.5 Å². The van der Waals surface area contributed by atoms with Crippen molar-refractivity contribution < 1.29 is 22.7 Å². The molecule has 1 aliphatic rings. The first-order valence-electron chi connectivity index (χ1n) is 5.57. The third-order valence-electron chi connectivity index (χ3n) is 2.91. The molecule has 1 aromatic heterocycles. The zero-order valence-corrected chi connectivity index (χ0v) is 12.5. The highest BCUT2D eigenvalue weighted by atomic mass is 32.2. The molecule has 0 bridgehead atoms. The van der Waals surface area contributed by atoms with Crippen LogP contribution in [-0.2, 0) is 19.5 Å². The summed E-state index contributed by atoms with van der Waals surface area (Å²) in [5.74, 6) is -0.647. The Morgan fingerprint density at radius 1 is 1.53 bits per heavy atom. The fraction of sp³-hybridized carbons (Fsp3) is 0.545. The molecule has 8 heteroatoms. The van der Waals surface area contributed by atoms with Crippen molar-refractivity contribution >= 4 is 27.3 Å². The van der Waals surface area contributed by atoms with Crippen LogP contribution in [-0.4, -0.2) is 44.7 Å². The molecule has 1 aliphatic heterocycles. The van der Waals surface area contributed by atoms with Crippen molar-refractivity contribution in [2.45, 2.75) is 24.3 Å². The molecule has 2 heterocycles. The molecule has 0 spiro atoms. The Morgan fingerprint density at radius 3 is 2.74 bits per heavy atom. The summed E-state index contributed by atoms with van der Waals surface area (Å²) in [6.07, 6.45) is 0. The predicted octanol–water partition coefficient (Wildman–Crippen LogP) is 1.29. The van der Waals surface area contributed by atoms with Gasteiger partial charge in [-0.1, -0.05) is 0 Å². The fourth-order valence-corrected chi connectivity index (χ4v) is 4.84. The molecule has 19 heavy (non-hydrogen) atoms. The van der Waals surface area contributed by atoms with E-state index in [2.05, 4.69) is 4.74 Å². The van der Waals surface area contributed by atoms with Crippen molar-refractivity contribution in [1.29, 1.82) is 0 Å². The van der Waals surface area contributed by atoms with E-state index in [9.17, 15) is 13.2 Å². The predicted molar refractivity (Wildman–Crippen MR) is 69.6 cm³/mol. The second-order valence-electron chi connectivity index (χ2n) is 4.75. The van der Waals surface area contributed by atoms with Crippen molar-refractivity contribution in [3.63, 3.8) is 0 Å². The maximum Gasteiger partial charge on any atom is 0.349 e. The topological polar surface area (TPSA) is 72.9 Å². The molecule has 0 radical (unpaired) electrons. The Labute approximate surface area is 116 Å². The van der Waals surface area contributed by atoms with Gasteiger partial charge in [-0.05, 0) is 25.3 Å². The molecule has 0 amide bonds. The molecule has 0 atom stereocenters. The Kier molecular flexibility index (Phi) is 3.69. The van der Waals surface area contributed by atoms with E-state index in [1.165, 1.54) is 17.5 Å². The molecule has 106 valence electrons. The minimum atomic E-state index is -3.77. The molecule has 2 rings (SSSR count). The lowest BCUT2D eigenvalue weighted by molar-refractivity contribution is 0.0602. The van der Waals surface area contributed by atoms with Gasteiger partial charge in [0, 0.05) is 0 Å². The van der Waals surface area contributed by atoms with Crippen LogP contribution in [0.1, 0.15) is 23.5 Å². The van der Waals surface area contributed by atoms with Crippen LogP contribution in [0.4, 0.5) is 0 Å². The number of methoxy groups -OCH3 is 1. The monoisotopic (exact) mass is 305 g/mol. The summed E-state index contributed by atoms with van der Waals surface area (Å²) in [5.41, 5.74) is -0.631. The second-order valence-corrected chi connectivity index (χ2v) is 7.50. The zero-order valence-electron chi connectivity index (χ0n) is 10.9. The number of thiophene rings is 1. The van der Waals surface area contributed by atoms with Crippen LogP contribution in [0.2, 0.25) is 0 Å². The summed E-state index contributed by atoms with van der Waals surface area (Å²) >= 11 is 1.05. The lowest BCUT2D eigenvalue weighted by Crippen LogP contribution is -2.44. The van der Waals surface area contributed by atoms with Gasteiger partial charge in [0.15, 0.2) is 0 Å². The van der Waals surface area contributed by atoms with E-state index in [-0.39, 0.29) is 16.5 Å². The molecule has 0 aliphatic carbocycles. The van der Waals surface area contributed by atoms with Gasteiger partial charge in [0.05, 0.1) is 19.3 Å². The minimum absolute atomic E-state index is 0.00814. The van der Waals surface area contributed by atoms with Gasteiger partial charge in [0.25, 0.3) is 0 Å². The van der Waals surface area contributed by atoms with Crippen LogP contribution in [0.3, 0.4) is 0 Å².